The molecule has 0 saturated heterocycles. The lowest BCUT2D eigenvalue weighted by molar-refractivity contribution is 1.03. The lowest BCUT2D eigenvalue weighted by Gasteiger charge is -1.98. The van der Waals surface area contributed by atoms with Gasteiger partial charge in [0.05, 0.1) is 12.5 Å². The molecule has 5 heteroatoms. The van der Waals surface area contributed by atoms with Gasteiger partial charge in [-0.2, -0.15) is 5.26 Å². The van der Waals surface area contributed by atoms with E-state index in [2.05, 4.69) is 15.3 Å². The summed E-state index contributed by atoms with van der Waals surface area (Å²) in [4.78, 5) is 17.2. The highest BCUT2D eigenvalue weighted by Crippen LogP contribution is 1.88. The van der Waals surface area contributed by atoms with Gasteiger partial charge in [-0.05, 0) is 0 Å². The summed E-state index contributed by atoms with van der Waals surface area (Å²) >= 11 is 0. The molecule has 62 valence electrons. The molecule has 0 saturated carbocycles. The number of rotatable bonds is 3. The fraction of sp³-hybridized carbons (Fsp3) is 0.286. The number of nitriles is 1. The van der Waals surface area contributed by atoms with Crippen LogP contribution in [0.25, 0.3) is 0 Å². The molecule has 0 aliphatic rings. The fourth-order valence-corrected chi connectivity index (χ4v) is 0.714. The van der Waals surface area contributed by atoms with E-state index >= 15 is 0 Å². The van der Waals surface area contributed by atoms with E-state index in [0.29, 0.717) is 13.0 Å². The highest BCUT2D eigenvalue weighted by molar-refractivity contribution is 5.29. The number of aromatic amines is 1. The molecular weight excluding hydrogens is 156 g/mol. The third-order valence-electron chi connectivity index (χ3n) is 1.24. The first-order chi connectivity index (χ1) is 5.84. The summed E-state index contributed by atoms with van der Waals surface area (Å²) in [6, 6.07) is 1.95. The van der Waals surface area contributed by atoms with Crippen molar-refractivity contribution < 1.29 is 0 Å². The molecule has 0 spiro atoms. The Hall–Kier alpha value is -1.83. The summed E-state index contributed by atoms with van der Waals surface area (Å²) in [6.45, 7) is 0.441. The third kappa shape index (κ3) is 2.09. The van der Waals surface area contributed by atoms with Crippen LogP contribution < -0.4 is 10.9 Å². The highest BCUT2D eigenvalue weighted by atomic mass is 16.1. The Morgan fingerprint density at radius 3 is 3.25 bits per heavy atom. The molecular formula is C7H8N4O. The van der Waals surface area contributed by atoms with Gasteiger partial charge >= 0.3 is 0 Å². The van der Waals surface area contributed by atoms with Gasteiger partial charge in [-0.3, -0.25) is 4.79 Å². The van der Waals surface area contributed by atoms with Crippen molar-refractivity contribution in [2.45, 2.75) is 6.42 Å². The molecule has 1 aromatic rings. The average Bonchev–Trinajstić information content (AvgIpc) is 2.09. The summed E-state index contributed by atoms with van der Waals surface area (Å²) in [7, 11) is 0. The molecule has 0 aliphatic heterocycles. The number of nitrogens with zero attached hydrogens (tertiary/aromatic N) is 2. The van der Waals surface area contributed by atoms with E-state index in [-0.39, 0.29) is 11.4 Å². The second kappa shape index (κ2) is 4.13. The largest absolute Gasteiger partial charge is 0.364 e. The molecule has 0 aliphatic carbocycles. The molecule has 5 nitrogen and oxygen atoms in total. The first-order valence-corrected chi connectivity index (χ1v) is 3.49. The van der Waals surface area contributed by atoms with Crippen molar-refractivity contribution in [2.75, 3.05) is 11.9 Å². The zero-order chi connectivity index (χ0) is 8.81. The van der Waals surface area contributed by atoms with Gasteiger partial charge in [0.2, 0.25) is 0 Å². The maximum Gasteiger partial charge on any atom is 0.290 e. The van der Waals surface area contributed by atoms with Gasteiger partial charge in [-0.1, -0.05) is 0 Å². The molecule has 0 aromatic carbocycles. The van der Waals surface area contributed by atoms with Crippen LogP contribution in [-0.2, 0) is 0 Å². The normalized spacial score (nSPS) is 8.92. The molecule has 0 atom stereocenters. The molecule has 1 aromatic heterocycles. The summed E-state index contributed by atoms with van der Waals surface area (Å²) < 4.78 is 0. The number of H-pyrrole nitrogens is 1. The maximum atomic E-state index is 10.9. The first-order valence-electron chi connectivity index (χ1n) is 3.49. The van der Waals surface area contributed by atoms with Gasteiger partial charge in [0.15, 0.2) is 5.82 Å². The Labute approximate surface area is 69.1 Å². The van der Waals surface area contributed by atoms with E-state index in [9.17, 15) is 4.79 Å². The van der Waals surface area contributed by atoms with Crippen molar-refractivity contribution >= 4 is 5.82 Å². The number of nitrogens with one attached hydrogen (secondary N) is 2. The van der Waals surface area contributed by atoms with Crippen molar-refractivity contribution in [2.24, 2.45) is 0 Å². The zero-order valence-electron chi connectivity index (χ0n) is 6.37. The van der Waals surface area contributed by atoms with Crippen LogP contribution in [0.5, 0.6) is 0 Å². The molecule has 2 N–H and O–H groups in total. The number of aromatic nitrogens is 2. The molecule has 0 fully saturated rings. The predicted octanol–water partition coefficient (Wildman–Crippen LogP) is 0.0955. The minimum Gasteiger partial charge on any atom is -0.364 e. The summed E-state index contributed by atoms with van der Waals surface area (Å²) in [5.41, 5.74) is -0.268. The maximum absolute atomic E-state index is 10.9. The van der Waals surface area contributed by atoms with Gasteiger partial charge in [-0.15, -0.1) is 0 Å². The van der Waals surface area contributed by atoms with E-state index in [1.807, 2.05) is 6.07 Å². The Kier molecular flexibility index (Phi) is 2.85. The highest BCUT2D eigenvalue weighted by Gasteiger charge is 1.95. The van der Waals surface area contributed by atoms with Crippen molar-refractivity contribution in [3.05, 3.63) is 22.7 Å². The fourth-order valence-electron chi connectivity index (χ4n) is 0.714. The number of hydrogen-bond acceptors (Lipinski definition) is 4. The topological polar surface area (TPSA) is 81.6 Å². The minimum atomic E-state index is -0.268. The lowest BCUT2D eigenvalue weighted by atomic mass is 10.4. The van der Waals surface area contributed by atoms with Crippen LogP contribution in [0.3, 0.4) is 0 Å². The summed E-state index contributed by atoms with van der Waals surface area (Å²) in [5.74, 6) is 0.257. The lowest BCUT2D eigenvalue weighted by Crippen LogP contribution is -2.15. The quantitative estimate of drug-likeness (QED) is 0.620. The zero-order valence-corrected chi connectivity index (χ0v) is 6.37. The van der Waals surface area contributed by atoms with Gasteiger partial charge in [0.25, 0.3) is 5.56 Å². The summed E-state index contributed by atoms with van der Waals surface area (Å²) in [6.07, 6.45) is 3.30. The molecule has 0 amide bonds. The van der Waals surface area contributed by atoms with Gasteiger partial charge in [0, 0.05) is 18.9 Å². The van der Waals surface area contributed by atoms with Crippen LogP contribution in [0.15, 0.2) is 17.2 Å². The predicted molar refractivity (Wildman–Crippen MR) is 43.6 cm³/mol. The van der Waals surface area contributed by atoms with Crippen molar-refractivity contribution in [1.29, 1.82) is 5.26 Å². The van der Waals surface area contributed by atoms with Crippen LogP contribution >= 0.6 is 0 Å². The molecule has 0 bridgehead atoms. The van der Waals surface area contributed by atoms with Crippen LogP contribution in [0.1, 0.15) is 6.42 Å². The SMILES string of the molecule is N#CCCNc1ncc[nH]c1=O. The number of hydrogen-bond donors (Lipinski definition) is 2. The Bertz CT molecular complexity index is 338. The molecule has 1 rings (SSSR count). The smallest absolute Gasteiger partial charge is 0.290 e. The monoisotopic (exact) mass is 164 g/mol. The van der Waals surface area contributed by atoms with Crippen LogP contribution in [0, 0.1) is 11.3 Å². The van der Waals surface area contributed by atoms with Gasteiger partial charge in [-0.25, -0.2) is 4.98 Å². The van der Waals surface area contributed by atoms with Gasteiger partial charge in [0.1, 0.15) is 0 Å². The van der Waals surface area contributed by atoms with Crippen LogP contribution in [-0.4, -0.2) is 16.5 Å². The van der Waals surface area contributed by atoms with E-state index in [0.717, 1.165) is 0 Å². The van der Waals surface area contributed by atoms with Gasteiger partial charge < -0.3 is 10.3 Å². The van der Waals surface area contributed by atoms with E-state index in [1.54, 1.807) is 0 Å². The average molecular weight is 164 g/mol. The van der Waals surface area contributed by atoms with Crippen molar-refractivity contribution in [1.82, 2.24) is 9.97 Å². The molecule has 12 heavy (non-hydrogen) atoms. The summed E-state index contributed by atoms with van der Waals surface area (Å²) in [5, 5.41) is 11.0. The van der Waals surface area contributed by atoms with E-state index in [1.165, 1.54) is 12.4 Å². The molecule has 1 heterocycles. The Morgan fingerprint density at radius 2 is 2.58 bits per heavy atom. The van der Waals surface area contributed by atoms with Crippen molar-refractivity contribution in [3.8, 4) is 6.07 Å². The van der Waals surface area contributed by atoms with Crippen LogP contribution in [0.2, 0.25) is 0 Å². The number of anilines is 1. The Balaban J connectivity index is 2.59. The van der Waals surface area contributed by atoms with Crippen molar-refractivity contribution in [3.63, 3.8) is 0 Å². The molecule has 0 unspecified atom stereocenters. The van der Waals surface area contributed by atoms with Crippen LogP contribution in [0.4, 0.5) is 5.82 Å². The Morgan fingerprint density at radius 1 is 1.75 bits per heavy atom. The second-order valence-electron chi connectivity index (χ2n) is 2.10. The van der Waals surface area contributed by atoms with E-state index in [4.69, 9.17) is 5.26 Å². The standard InChI is InChI=1S/C7H8N4O/c8-2-1-3-9-6-7(12)11-5-4-10-6/h4-5H,1,3H2,(H,9,10)(H,11,12). The van der Waals surface area contributed by atoms with E-state index < -0.39 is 0 Å². The first kappa shape index (κ1) is 8.27. The molecule has 0 radical (unpaired) electrons. The minimum absolute atomic E-state index is 0.257. The third-order valence-corrected chi connectivity index (χ3v) is 1.24. The second-order valence-corrected chi connectivity index (χ2v) is 2.10.